The lowest BCUT2D eigenvalue weighted by molar-refractivity contribution is 0.775. The van der Waals surface area contributed by atoms with Crippen molar-refractivity contribution in [2.75, 3.05) is 0 Å². The Morgan fingerprint density at radius 3 is 2.22 bits per heavy atom. The van der Waals surface area contributed by atoms with Gasteiger partial charge in [-0.1, -0.05) is 0 Å². The summed E-state index contributed by atoms with van der Waals surface area (Å²) in [5.74, 6) is 0. The minimum atomic E-state index is -0.887. The monoisotopic (exact) mass is 185 g/mol. The highest BCUT2D eigenvalue weighted by molar-refractivity contribution is 6.48. The summed E-state index contributed by atoms with van der Waals surface area (Å²) < 4.78 is -0.887. The van der Waals surface area contributed by atoms with Gasteiger partial charge in [-0.05, 0) is 6.92 Å². The van der Waals surface area contributed by atoms with Gasteiger partial charge in [0.15, 0.2) is 0 Å². The summed E-state index contributed by atoms with van der Waals surface area (Å²) >= 11 is 16.5. The molecule has 1 atom stereocenters. The van der Waals surface area contributed by atoms with Crippen molar-refractivity contribution in [2.45, 2.75) is 23.1 Å². The van der Waals surface area contributed by atoms with Crippen molar-refractivity contribution in [3.8, 4) is 6.07 Å². The summed E-state index contributed by atoms with van der Waals surface area (Å²) in [6, 6.07) is 1.82. The van der Waals surface area contributed by atoms with Gasteiger partial charge in [-0.2, -0.15) is 5.26 Å². The molecule has 0 aliphatic rings. The predicted molar refractivity (Wildman–Crippen MR) is 40.0 cm³/mol. The molecular formula is C5H6Cl3N. The Bertz CT molecular complexity index is 121. The standard InChI is InChI=1S/C5H6Cl3N/c1-5(7,8)2-4(6)3-9/h4H,2H2,1H3. The Morgan fingerprint density at radius 2 is 2.11 bits per heavy atom. The number of nitriles is 1. The fourth-order valence-corrected chi connectivity index (χ4v) is 1.14. The summed E-state index contributed by atoms with van der Waals surface area (Å²) in [6.07, 6.45) is 0.286. The third kappa shape index (κ3) is 6.24. The number of hydrogen-bond acceptors (Lipinski definition) is 1. The molecule has 0 radical (unpaired) electrons. The van der Waals surface area contributed by atoms with Gasteiger partial charge in [0, 0.05) is 6.42 Å². The third-order valence-corrected chi connectivity index (χ3v) is 1.24. The molecule has 0 fully saturated rings. The van der Waals surface area contributed by atoms with Crippen LogP contribution in [0.2, 0.25) is 0 Å². The van der Waals surface area contributed by atoms with Gasteiger partial charge < -0.3 is 0 Å². The first kappa shape index (κ1) is 9.36. The number of hydrogen-bond donors (Lipinski definition) is 0. The average molecular weight is 186 g/mol. The molecule has 0 saturated heterocycles. The lowest BCUT2D eigenvalue weighted by Gasteiger charge is -2.11. The van der Waals surface area contributed by atoms with Crippen LogP contribution in [0.25, 0.3) is 0 Å². The van der Waals surface area contributed by atoms with E-state index in [2.05, 4.69) is 0 Å². The second kappa shape index (κ2) is 3.51. The quantitative estimate of drug-likeness (QED) is 0.608. The lowest BCUT2D eigenvalue weighted by atomic mass is 10.2. The zero-order chi connectivity index (χ0) is 7.49. The molecule has 1 unspecified atom stereocenters. The normalized spacial score (nSPS) is 14.6. The van der Waals surface area contributed by atoms with Crippen molar-refractivity contribution in [1.82, 2.24) is 0 Å². The second-order valence-electron chi connectivity index (χ2n) is 1.87. The Labute approximate surface area is 69.5 Å². The molecule has 0 aromatic carbocycles. The minimum Gasteiger partial charge on any atom is -0.197 e. The molecule has 0 aliphatic carbocycles. The Hall–Kier alpha value is 0.360. The molecular weight excluding hydrogens is 180 g/mol. The van der Waals surface area contributed by atoms with E-state index in [0.717, 1.165) is 0 Å². The van der Waals surface area contributed by atoms with Crippen molar-refractivity contribution >= 4 is 34.8 Å². The van der Waals surface area contributed by atoms with Gasteiger partial charge in [0.2, 0.25) is 0 Å². The van der Waals surface area contributed by atoms with Gasteiger partial charge in [0.05, 0.1) is 6.07 Å². The smallest absolute Gasteiger partial charge is 0.123 e. The van der Waals surface area contributed by atoms with Crippen LogP contribution in [0.5, 0.6) is 0 Å². The SMILES string of the molecule is CC(Cl)(Cl)CC(Cl)C#N. The molecule has 0 N–H and O–H groups in total. The number of nitrogens with zero attached hydrogens (tertiary/aromatic N) is 1. The first-order valence-electron chi connectivity index (χ1n) is 2.37. The topological polar surface area (TPSA) is 23.8 Å². The fraction of sp³-hybridized carbons (Fsp3) is 0.800. The van der Waals surface area contributed by atoms with E-state index in [1.54, 1.807) is 6.92 Å². The number of alkyl halides is 3. The zero-order valence-corrected chi connectivity index (χ0v) is 7.13. The Balaban J connectivity index is 3.63. The summed E-state index contributed by atoms with van der Waals surface area (Å²) in [4.78, 5) is 0. The van der Waals surface area contributed by atoms with Crippen LogP contribution in [0.4, 0.5) is 0 Å². The van der Waals surface area contributed by atoms with Crippen molar-refractivity contribution in [3.05, 3.63) is 0 Å². The van der Waals surface area contributed by atoms with Crippen LogP contribution < -0.4 is 0 Å². The summed E-state index contributed by atoms with van der Waals surface area (Å²) in [6.45, 7) is 1.60. The molecule has 0 aromatic rings. The van der Waals surface area contributed by atoms with Gasteiger partial charge in [-0.3, -0.25) is 0 Å². The Kier molecular flexibility index (Phi) is 3.65. The van der Waals surface area contributed by atoms with E-state index in [4.69, 9.17) is 40.1 Å². The van der Waals surface area contributed by atoms with Crippen LogP contribution in [0.3, 0.4) is 0 Å². The van der Waals surface area contributed by atoms with Crippen molar-refractivity contribution < 1.29 is 0 Å². The van der Waals surface area contributed by atoms with E-state index in [9.17, 15) is 0 Å². The van der Waals surface area contributed by atoms with Crippen LogP contribution in [0.1, 0.15) is 13.3 Å². The highest BCUT2D eigenvalue weighted by atomic mass is 35.5. The van der Waals surface area contributed by atoms with E-state index < -0.39 is 9.71 Å². The maximum Gasteiger partial charge on any atom is 0.123 e. The number of halogens is 3. The van der Waals surface area contributed by atoms with Gasteiger partial charge >= 0.3 is 0 Å². The summed E-state index contributed by atoms with van der Waals surface area (Å²) in [7, 11) is 0. The maximum absolute atomic E-state index is 8.20. The highest BCUT2D eigenvalue weighted by Gasteiger charge is 2.20. The highest BCUT2D eigenvalue weighted by Crippen LogP contribution is 2.27. The first-order valence-corrected chi connectivity index (χ1v) is 3.56. The van der Waals surface area contributed by atoms with Crippen LogP contribution >= 0.6 is 34.8 Å². The van der Waals surface area contributed by atoms with Gasteiger partial charge in [0.1, 0.15) is 9.71 Å². The molecule has 0 spiro atoms. The first-order chi connectivity index (χ1) is 3.95. The predicted octanol–water partition coefficient (Wildman–Crippen LogP) is 2.70. The van der Waals surface area contributed by atoms with E-state index in [0.29, 0.717) is 0 Å². The van der Waals surface area contributed by atoms with Gasteiger partial charge in [-0.25, -0.2) is 0 Å². The fourth-order valence-electron chi connectivity index (χ4n) is 0.360. The van der Waals surface area contributed by atoms with Crippen LogP contribution in [0, 0.1) is 11.3 Å². The number of rotatable bonds is 2. The maximum atomic E-state index is 8.20. The van der Waals surface area contributed by atoms with E-state index in [1.165, 1.54) is 0 Å². The molecule has 1 nitrogen and oxygen atoms in total. The minimum absolute atomic E-state index is 0.286. The molecule has 4 heteroatoms. The van der Waals surface area contributed by atoms with Crippen LogP contribution in [-0.2, 0) is 0 Å². The van der Waals surface area contributed by atoms with Crippen LogP contribution in [0.15, 0.2) is 0 Å². The largest absolute Gasteiger partial charge is 0.197 e. The van der Waals surface area contributed by atoms with Gasteiger partial charge in [-0.15, -0.1) is 34.8 Å². The third-order valence-electron chi connectivity index (χ3n) is 0.678. The Morgan fingerprint density at radius 1 is 1.67 bits per heavy atom. The summed E-state index contributed by atoms with van der Waals surface area (Å²) in [5.41, 5.74) is 0. The van der Waals surface area contributed by atoms with E-state index in [-0.39, 0.29) is 6.42 Å². The average Bonchev–Trinajstić information content (AvgIpc) is 1.62. The van der Waals surface area contributed by atoms with Gasteiger partial charge in [0.25, 0.3) is 0 Å². The second-order valence-corrected chi connectivity index (χ2v) is 4.26. The molecule has 0 amide bonds. The molecule has 0 bridgehead atoms. The van der Waals surface area contributed by atoms with E-state index >= 15 is 0 Å². The molecule has 0 saturated carbocycles. The van der Waals surface area contributed by atoms with Crippen molar-refractivity contribution in [2.24, 2.45) is 0 Å². The van der Waals surface area contributed by atoms with Crippen molar-refractivity contribution in [1.29, 1.82) is 5.26 Å². The van der Waals surface area contributed by atoms with Crippen molar-refractivity contribution in [3.63, 3.8) is 0 Å². The van der Waals surface area contributed by atoms with E-state index in [1.807, 2.05) is 6.07 Å². The molecule has 9 heavy (non-hydrogen) atoms. The molecule has 0 rings (SSSR count). The van der Waals surface area contributed by atoms with Crippen LogP contribution in [-0.4, -0.2) is 9.71 Å². The molecule has 0 aliphatic heterocycles. The summed E-state index contributed by atoms with van der Waals surface area (Å²) in [5, 5.41) is 7.61. The zero-order valence-electron chi connectivity index (χ0n) is 4.87. The lowest BCUT2D eigenvalue weighted by Crippen LogP contribution is -2.12. The molecule has 0 aromatic heterocycles. The molecule has 52 valence electrons. The molecule has 0 heterocycles.